The van der Waals surface area contributed by atoms with E-state index in [1.807, 2.05) is 6.07 Å². The van der Waals surface area contributed by atoms with Crippen LogP contribution >= 0.6 is 11.6 Å². The van der Waals surface area contributed by atoms with Crippen molar-refractivity contribution in [1.29, 1.82) is 0 Å². The number of fused-ring (bicyclic) bond motifs is 3. The van der Waals surface area contributed by atoms with E-state index in [0.29, 0.717) is 10.6 Å². The second-order valence-electron chi connectivity index (χ2n) is 5.82. The van der Waals surface area contributed by atoms with Crippen LogP contribution in [0, 0.1) is 5.82 Å². The minimum absolute atomic E-state index is 0.0117. The second kappa shape index (κ2) is 5.49. The molecule has 1 aromatic carbocycles. The van der Waals surface area contributed by atoms with E-state index >= 15 is 0 Å². The lowest BCUT2D eigenvalue weighted by Gasteiger charge is -2.38. The van der Waals surface area contributed by atoms with Gasteiger partial charge < -0.3 is 9.80 Å². The predicted octanol–water partition coefficient (Wildman–Crippen LogP) is 3.39. The summed E-state index contributed by atoms with van der Waals surface area (Å²) >= 11 is 6.13. The molecule has 118 valence electrons. The van der Waals surface area contributed by atoms with Gasteiger partial charge in [0.1, 0.15) is 11.9 Å². The molecule has 0 N–H and O–H groups in total. The van der Waals surface area contributed by atoms with Crippen molar-refractivity contribution >= 4 is 29.0 Å². The molecule has 1 amide bonds. The van der Waals surface area contributed by atoms with Gasteiger partial charge in [-0.25, -0.2) is 9.37 Å². The fourth-order valence-corrected chi connectivity index (χ4v) is 3.62. The standard InChI is InChI=1S/C17H15ClFN3O/c18-12-4-1-5-13(19)11(12)10-22-14-6-2-8-20-16(14)21-9-3-7-15(21)17(22)23/h1-2,4-6,8,15H,3,7,9-10H2/t15-/m0/s1. The summed E-state index contributed by atoms with van der Waals surface area (Å²) in [5.41, 5.74) is 1.05. The van der Waals surface area contributed by atoms with Crippen molar-refractivity contribution in [1.82, 2.24) is 4.98 Å². The van der Waals surface area contributed by atoms with Gasteiger partial charge in [-0.2, -0.15) is 0 Å². The third kappa shape index (κ3) is 2.27. The first-order chi connectivity index (χ1) is 11.2. The fourth-order valence-electron chi connectivity index (χ4n) is 3.40. The van der Waals surface area contributed by atoms with Crippen molar-refractivity contribution in [3.8, 4) is 0 Å². The zero-order valence-electron chi connectivity index (χ0n) is 12.4. The first-order valence-corrected chi connectivity index (χ1v) is 8.00. The van der Waals surface area contributed by atoms with Crippen molar-refractivity contribution < 1.29 is 9.18 Å². The molecule has 4 nitrogen and oxygen atoms in total. The van der Waals surface area contributed by atoms with Crippen LogP contribution in [0.3, 0.4) is 0 Å². The number of halogens is 2. The highest BCUT2D eigenvalue weighted by Crippen LogP contribution is 2.39. The van der Waals surface area contributed by atoms with E-state index in [4.69, 9.17) is 11.6 Å². The topological polar surface area (TPSA) is 36.4 Å². The first kappa shape index (κ1) is 14.5. The zero-order valence-corrected chi connectivity index (χ0v) is 13.1. The van der Waals surface area contributed by atoms with Crippen LogP contribution in [0.2, 0.25) is 5.02 Å². The third-order valence-electron chi connectivity index (χ3n) is 4.51. The Kier molecular flexibility index (Phi) is 3.45. The molecule has 0 bridgehead atoms. The third-order valence-corrected chi connectivity index (χ3v) is 4.86. The van der Waals surface area contributed by atoms with E-state index in [1.54, 1.807) is 29.3 Å². The average molecular weight is 332 g/mol. The summed E-state index contributed by atoms with van der Waals surface area (Å²) in [7, 11) is 0. The maximum atomic E-state index is 14.1. The lowest BCUT2D eigenvalue weighted by molar-refractivity contribution is -0.120. The van der Waals surface area contributed by atoms with Gasteiger partial charge in [-0.15, -0.1) is 0 Å². The summed E-state index contributed by atoms with van der Waals surface area (Å²) in [5, 5.41) is 0.331. The summed E-state index contributed by atoms with van der Waals surface area (Å²) < 4.78 is 14.1. The van der Waals surface area contributed by atoms with E-state index in [2.05, 4.69) is 9.88 Å². The molecule has 6 heteroatoms. The number of anilines is 2. The van der Waals surface area contributed by atoms with Gasteiger partial charge in [-0.05, 0) is 37.1 Å². The lowest BCUT2D eigenvalue weighted by atomic mass is 10.1. The number of pyridine rings is 1. The van der Waals surface area contributed by atoms with Gasteiger partial charge >= 0.3 is 0 Å². The Morgan fingerprint density at radius 1 is 1.30 bits per heavy atom. The molecule has 4 rings (SSSR count). The molecule has 0 spiro atoms. The van der Waals surface area contributed by atoms with Gasteiger partial charge in [0.25, 0.3) is 0 Å². The first-order valence-electron chi connectivity index (χ1n) is 7.63. The smallest absolute Gasteiger partial charge is 0.250 e. The molecule has 1 fully saturated rings. The summed E-state index contributed by atoms with van der Waals surface area (Å²) in [4.78, 5) is 21.0. The average Bonchev–Trinajstić information content (AvgIpc) is 3.04. The fraction of sp³-hybridized carbons (Fsp3) is 0.294. The van der Waals surface area contributed by atoms with Crippen molar-refractivity contribution in [2.75, 3.05) is 16.3 Å². The largest absolute Gasteiger partial charge is 0.343 e. The number of benzene rings is 1. The lowest BCUT2D eigenvalue weighted by Crippen LogP contribution is -2.50. The molecule has 0 saturated carbocycles. The highest BCUT2D eigenvalue weighted by Gasteiger charge is 2.41. The van der Waals surface area contributed by atoms with Crippen LogP contribution in [0.15, 0.2) is 36.5 Å². The van der Waals surface area contributed by atoms with Gasteiger partial charge in [0, 0.05) is 23.3 Å². The van der Waals surface area contributed by atoms with Gasteiger partial charge in [-0.3, -0.25) is 4.79 Å². The van der Waals surface area contributed by atoms with E-state index in [-0.39, 0.29) is 18.5 Å². The zero-order chi connectivity index (χ0) is 16.0. The number of carbonyl (C=O) groups excluding carboxylic acids is 1. The maximum Gasteiger partial charge on any atom is 0.250 e. The predicted molar refractivity (Wildman–Crippen MR) is 87.2 cm³/mol. The molecule has 0 aliphatic carbocycles. The van der Waals surface area contributed by atoms with Gasteiger partial charge in [0.05, 0.1) is 12.2 Å². The number of carbonyl (C=O) groups is 1. The van der Waals surface area contributed by atoms with Crippen LogP contribution in [0.5, 0.6) is 0 Å². The van der Waals surface area contributed by atoms with E-state index in [1.165, 1.54) is 6.07 Å². The van der Waals surface area contributed by atoms with Crippen molar-refractivity contribution in [2.45, 2.75) is 25.4 Å². The molecule has 23 heavy (non-hydrogen) atoms. The van der Waals surface area contributed by atoms with E-state index in [0.717, 1.165) is 30.9 Å². The number of aromatic nitrogens is 1. The van der Waals surface area contributed by atoms with E-state index in [9.17, 15) is 9.18 Å². The number of amides is 1. The van der Waals surface area contributed by atoms with Crippen LogP contribution in [0.4, 0.5) is 15.9 Å². The molecular formula is C17H15ClFN3O. The molecule has 0 unspecified atom stereocenters. The number of nitrogens with zero attached hydrogens (tertiary/aromatic N) is 3. The Bertz CT molecular complexity index is 762. The van der Waals surface area contributed by atoms with Crippen LogP contribution in [0.25, 0.3) is 0 Å². The Labute approximate surface area is 138 Å². The SMILES string of the molecule is O=C1[C@@H]2CCCN2c2ncccc2N1Cc1c(F)cccc1Cl. The number of rotatable bonds is 2. The van der Waals surface area contributed by atoms with Crippen LogP contribution in [-0.2, 0) is 11.3 Å². The van der Waals surface area contributed by atoms with Gasteiger partial charge in [-0.1, -0.05) is 17.7 Å². The Morgan fingerprint density at radius 3 is 3.00 bits per heavy atom. The monoisotopic (exact) mass is 331 g/mol. The summed E-state index contributed by atoms with van der Waals surface area (Å²) in [6.07, 6.45) is 3.48. The van der Waals surface area contributed by atoms with E-state index < -0.39 is 5.82 Å². The van der Waals surface area contributed by atoms with Crippen LogP contribution < -0.4 is 9.80 Å². The van der Waals surface area contributed by atoms with Gasteiger partial charge in [0.2, 0.25) is 5.91 Å². The highest BCUT2D eigenvalue weighted by atomic mass is 35.5. The molecule has 1 aromatic heterocycles. The summed E-state index contributed by atoms with van der Waals surface area (Å²) in [6, 6.07) is 8.00. The minimum atomic E-state index is -0.399. The Balaban J connectivity index is 1.79. The number of hydrogen-bond donors (Lipinski definition) is 0. The van der Waals surface area contributed by atoms with Crippen molar-refractivity contribution in [3.05, 3.63) is 52.9 Å². The Morgan fingerprint density at radius 2 is 2.17 bits per heavy atom. The Hall–Kier alpha value is -2.14. The molecule has 1 atom stereocenters. The van der Waals surface area contributed by atoms with Crippen LogP contribution in [-0.4, -0.2) is 23.5 Å². The second-order valence-corrected chi connectivity index (χ2v) is 6.23. The minimum Gasteiger partial charge on any atom is -0.343 e. The number of hydrogen-bond acceptors (Lipinski definition) is 3. The molecule has 2 aliphatic heterocycles. The molecular weight excluding hydrogens is 317 g/mol. The summed E-state index contributed by atoms with van der Waals surface area (Å²) in [5.74, 6) is 0.383. The normalized spacial score (nSPS) is 19.7. The van der Waals surface area contributed by atoms with Crippen molar-refractivity contribution in [2.24, 2.45) is 0 Å². The maximum absolute atomic E-state index is 14.1. The molecule has 2 aromatic rings. The highest BCUT2D eigenvalue weighted by molar-refractivity contribution is 6.31. The molecule has 2 aliphatic rings. The van der Waals surface area contributed by atoms with Gasteiger partial charge in [0.15, 0.2) is 5.82 Å². The van der Waals surface area contributed by atoms with Crippen LogP contribution in [0.1, 0.15) is 18.4 Å². The van der Waals surface area contributed by atoms with Crippen molar-refractivity contribution in [3.63, 3.8) is 0 Å². The molecule has 3 heterocycles. The summed E-state index contributed by atoms with van der Waals surface area (Å²) in [6.45, 7) is 0.947. The molecule has 0 radical (unpaired) electrons. The quantitative estimate of drug-likeness (QED) is 0.846. The molecule has 1 saturated heterocycles.